The monoisotopic (exact) mass is 390 g/mol. The fourth-order valence-electron chi connectivity index (χ4n) is 2.69. The van der Waals surface area contributed by atoms with E-state index in [1.807, 2.05) is 0 Å². The van der Waals surface area contributed by atoms with Crippen LogP contribution in [-0.2, 0) is 25.7 Å². The molecule has 2 aromatic rings. The number of hydrogen-bond acceptors (Lipinski definition) is 3. The zero-order valence-corrected chi connectivity index (χ0v) is 13.8. The fourth-order valence-corrected chi connectivity index (χ4v) is 2.69. The number of allylic oxidation sites excluding steroid dienone is 2. The normalized spacial score (nSPS) is 16.7. The fraction of sp³-hybridized carbons (Fsp3) is 0.312. The van der Waals surface area contributed by atoms with Gasteiger partial charge >= 0.3 is 6.18 Å². The molecule has 144 valence electrons. The molecule has 1 aliphatic rings. The van der Waals surface area contributed by atoms with Crippen molar-refractivity contribution in [3.05, 3.63) is 58.6 Å². The van der Waals surface area contributed by atoms with Crippen molar-refractivity contribution in [3.8, 4) is 0 Å². The van der Waals surface area contributed by atoms with Crippen molar-refractivity contribution in [2.75, 3.05) is 6.54 Å². The summed E-state index contributed by atoms with van der Waals surface area (Å²) in [6, 6.07) is 1.17. The molecule has 5 nitrogen and oxygen atoms in total. The first kappa shape index (κ1) is 18.9. The third-order valence-corrected chi connectivity index (χ3v) is 4.02. The number of halogens is 6. The molecule has 27 heavy (non-hydrogen) atoms. The molecule has 0 saturated heterocycles. The van der Waals surface area contributed by atoms with Gasteiger partial charge in [0, 0.05) is 24.3 Å². The Labute approximate surface area is 149 Å². The van der Waals surface area contributed by atoms with Gasteiger partial charge in [-0.15, -0.1) is 10.2 Å². The SMILES string of the molecule is N/C(=C\C=[N+]1CCn2c(nnc2C(F)(F)F)C1)Cc1cc(F)c(F)cc1F. The van der Waals surface area contributed by atoms with Crippen LogP contribution in [0.15, 0.2) is 23.9 Å². The molecular weight excluding hydrogens is 376 g/mol. The summed E-state index contributed by atoms with van der Waals surface area (Å²) in [5, 5.41) is 6.73. The number of alkyl halides is 3. The summed E-state index contributed by atoms with van der Waals surface area (Å²) >= 11 is 0. The molecular formula is C16H14F6N5+. The standard InChI is InChI=1S/C16H13F6N5/c17-11-7-13(19)12(18)6-9(11)5-10(23)1-2-26-3-4-27-14(8-26)24-25-15(27)16(20,21)22/h1-2,6-7,23H,3-5,8H2/p+1. The van der Waals surface area contributed by atoms with Crippen LogP contribution in [0.2, 0.25) is 0 Å². The molecule has 0 radical (unpaired) electrons. The maximum atomic E-state index is 13.6. The smallest absolute Gasteiger partial charge is 0.402 e. The van der Waals surface area contributed by atoms with Gasteiger partial charge in [0.15, 0.2) is 30.2 Å². The maximum Gasteiger partial charge on any atom is 0.451 e. The Morgan fingerprint density at radius 3 is 2.56 bits per heavy atom. The van der Waals surface area contributed by atoms with Gasteiger partial charge in [-0.25, -0.2) is 17.7 Å². The van der Waals surface area contributed by atoms with Gasteiger partial charge in [0.2, 0.25) is 12.4 Å². The van der Waals surface area contributed by atoms with Crippen LogP contribution in [0.3, 0.4) is 0 Å². The zero-order chi connectivity index (χ0) is 19.8. The van der Waals surface area contributed by atoms with E-state index in [0.29, 0.717) is 6.07 Å². The third kappa shape index (κ3) is 4.12. The molecule has 0 bridgehead atoms. The molecule has 0 saturated carbocycles. The summed E-state index contributed by atoms with van der Waals surface area (Å²) in [6.45, 7) is 0.392. The van der Waals surface area contributed by atoms with E-state index in [2.05, 4.69) is 10.2 Å². The lowest BCUT2D eigenvalue weighted by Gasteiger charge is -2.15. The van der Waals surface area contributed by atoms with E-state index in [-0.39, 0.29) is 43.1 Å². The second kappa shape index (κ2) is 7.05. The van der Waals surface area contributed by atoms with E-state index in [0.717, 1.165) is 10.6 Å². The summed E-state index contributed by atoms with van der Waals surface area (Å²) in [4.78, 5) is 0. The second-order valence-electron chi connectivity index (χ2n) is 5.98. The minimum Gasteiger partial charge on any atom is -0.402 e. The van der Waals surface area contributed by atoms with E-state index in [4.69, 9.17) is 5.73 Å². The molecule has 0 fully saturated rings. The molecule has 1 aromatic carbocycles. The van der Waals surface area contributed by atoms with Gasteiger partial charge in [0.1, 0.15) is 5.82 Å². The average molecular weight is 390 g/mol. The van der Waals surface area contributed by atoms with E-state index < -0.39 is 29.5 Å². The van der Waals surface area contributed by atoms with E-state index >= 15 is 0 Å². The van der Waals surface area contributed by atoms with Crippen molar-refractivity contribution in [1.82, 2.24) is 14.8 Å². The van der Waals surface area contributed by atoms with Crippen LogP contribution in [0, 0.1) is 17.5 Å². The molecule has 3 rings (SSSR count). The summed E-state index contributed by atoms with van der Waals surface area (Å²) in [7, 11) is 0. The molecule has 0 spiro atoms. The van der Waals surface area contributed by atoms with Crippen LogP contribution in [0.25, 0.3) is 0 Å². The lowest BCUT2D eigenvalue weighted by Crippen LogP contribution is -2.29. The lowest BCUT2D eigenvalue weighted by atomic mass is 10.1. The Morgan fingerprint density at radius 1 is 1.15 bits per heavy atom. The summed E-state index contributed by atoms with van der Waals surface area (Å²) in [6.07, 6.45) is -1.77. The predicted octanol–water partition coefficient (Wildman–Crippen LogP) is 2.40. The molecule has 0 amide bonds. The van der Waals surface area contributed by atoms with Crippen molar-refractivity contribution >= 4 is 6.21 Å². The van der Waals surface area contributed by atoms with Crippen LogP contribution >= 0.6 is 0 Å². The Morgan fingerprint density at radius 2 is 1.85 bits per heavy atom. The predicted molar refractivity (Wildman–Crippen MR) is 82.2 cm³/mol. The van der Waals surface area contributed by atoms with Crippen molar-refractivity contribution < 1.29 is 30.9 Å². The molecule has 0 atom stereocenters. The first-order valence-corrected chi connectivity index (χ1v) is 7.81. The highest BCUT2D eigenvalue weighted by Gasteiger charge is 2.40. The zero-order valence-electron chi connectivity index (χ0n) is 13.8. The molecule has 2 N–H and O–H groups in total. The van der Waals surface area contributed by atoms with Gasteiger partial charge < -0.3 is 5.73 Å². The van der Waals surface area contributed by atoms with Gasteiger partial charge in [0.05, 0.1) is 6.54 Å². The van der Waals surface area contributed by atoms with Crippen molar-refractivity contribution in [1.29, 1.82) is 0 Å². The average Bonchev–Trinajstić information content (AvgIpc) is 3.01. The number of hydrogen-bond donors (Lipinski definition) is 1. The topological polar surface area (TPSA) is 59.7 Å². The summed E-state index contributed by atoms with van der Waals surface area (Å²) in [5.74, 6) is -4.28. The highest BCUT2D eigenvalue weighted by atomic mass is 19.4. The van der Waals surface area contributed by atoms with E-state index in [1.165, 1.54) is 12.3 Å². The summed E-state index contributed by atoms with van der Waals surface area (Å²) in [5.41, 5.74) is 5.84. The lowest BCUT2D eigenvalue weighted by molar-refractivity contribution is -0.548. The van der Waals surface area contributed by atoms with Crippen LogP contribution in [-0.4, -0.2) is 32.1 Å². The van der Waals surface area contributed by atoms with Crippen LogP contribution in [0.1, 0.15) is 17.2 Å². The second-order valence-corrected chi connectivity index (χ2v) is 5.98. The van der Waals surface area contributed by atoms with Crippen LogP contribution in [0.5, 0.6) is 0 Å². The molecule has 2 heterocycles. The van der Waals surface area contributed by atoms with Crippen molar-refractivity contribution in [2.24, 2.45) is 5.73 Å². The van der Waals surface area contributed by atoms with Crippen LogP contribution in [0.4, 0.5) is 26.3 Å². The number of fused-ring (bicyclic) bond motifs is 1. The highest BCUT2D eigenvalue weighted by Crippen LogP contribution is 2.28. The minimum absolute atomic E-state index is 0.0409. The van der Waals surface area contributed by atoms with Crippen molar-refractivity contribution in [3.63, 3.8) is 0 Å². The molecule has 0 aliphatic carbocycles. The Bertz CT molecular complexity index is 928. The number of rotatable bonds is 3. The van der Waals surface area contributed by atoms with Crippen LogP contribution < -0.4 is 5.73 Å². The van der Waals surface area contributed by atoms with Gasteiger partial charge in [-0.3, -0.25) is 4.57 Å². The molecule has 0 unspecified atom stereocenters. The Balaban J connectivity index is 1.73. The third-order valence-electron chi connectivity index (χ3n) is 4.02. The number of benzene rings is 1. The number of nitrogens with two attached hydrogens (primary N) is 1. The Kier molecular flexibility index (Phi) is 4.94. The minimum atomic E-state index is -4.57. The van der Waals surface area contributed by atoms with Gasteiger partial charge in [-0.05, 0) is 11.6 Å². The first-order valence-electron chi connectivity index (χ1n) is 7.81. The first-order chi connectivity index (χ1) is 12.6. The number of nitrogens with zero attached hydrogens (tertiary/aromatic N) is 4. The largest absolute Gasteiger partial charge is 0.451 e. The molecule has 11 heteroatoms. The quantitative estimate of drug-likeness (QED) is 0.498. The molecule has 1 aromatic heterocycles. The van der Waals surface area contributed by atoms with E-state index in [9.17, 15) is 26.3 Å². The highest BCUT2D eigenvalue weighted by molar-refractivity contribution is 5.67. The number of aromatic nitrogens is 3. The van der Waals surface area contributed by atoms with Gasteiger partial charge in [-0.1, -0.05) is 0 Å². The van der Waals surface area contributed by atoms with Gasteiger partial charge in [-0.2, -0.15) is 13.2 Å². The Hall–Kier alpha value is -2.85. The van der Waals surface area contributed by atoms with Crippen molar-refractivity contribution in [2.45, 2.75) is 25.7 Å². The van der Waals surface area contributed by atoms with Gasteiger partial charge in [0.25, 0.3) is 0 Å². The summed E-state index contributed by atoms with van der Waals surface area (Å²) < 4.78 is 80.8. The molecule has 1 aliphatic heterocycles. The maximum absolute atomic E-state index is 13.6. The van der Waals surface area contributed by atoms with E-state index in [1.54, 1.807) is 4.58 Å².